The van der Waals surface area contributed by atoms with Crippen molar-refractivity contribution < 1.29 is 9.53 Å². The van der Waals surface area contributed by atoms with E-state index in [0.717, 1.165) is 5.75 Å². The molecule has 0 saturated heterocycles. The number of methoxy groups -OCH3 is 1. The minimum Gasteiger partial charge on any atom is -0.496 e. The molecule has 1 rings (SSSR count). The van der Waals surface area contributed by atoms with Crippen LogP contribution >= 0.6 is 11.8 Å². The molecule has 0 radical (unpaired) electrons. The van der Waals surface area contributed by atoms with Gasteiger partial charge >= 0.3 is 0 Å². The molecule has 4 nitrogen and oxygen atoms in total. The maximum atomic E-state index is 12.4. The van der Waals surface area contributed by atoms with Gasteiger partial charge in [0.25, 0.3) is 5.91 Å². The van der Waals surface area contributed by atoms with Gasteiger partial charge in [-0.2, -0.15) is 11.8 Å². The second-order valence-electron chi connectivity index (χ2n) is 4.18. The predicted octanol–water partition coefficient (Wildman–Crippen LogP) is 2.10. The Morgan fingerprint density at radius 1 is 1.56 bits per heavy atom. The van der Waals surface area contributed by atoms with Gasteiger partial charge in [-0.15, -0.1) is 0 Å². The van der Waals surface area contributed by atoms with E-state index in [2.05, 4.69) is 0 Å². The van der Waals surface area contributed by atoms with Crippen molar-refractivity contribution >= 4 is 23.4 Å². The van der Waals surface area contributed by atoms with Crippen LogP contribution in [0.4, 0.5) is 5.69 Å². The Kier molecular flexibility index (Phi) is 5.34. The van der Waals surface area contributed by atoms with E-state index >= 15 is 0 Å². The average Bonchev–Trinajstić information content (AvgIpc) is 2.37. The number of rotatable bonds is 5. The number of amides is 1. The number of nitrogens with two attached hydrogens (primary N) is 1. The lowest BCUT2D eigenvalue weighted by atomic mass is 10.1. The van der Waals surface area contributed by atoms with Crippen LogP contribution in [0.5, 0.6) is 5.75 Å². The van der Waals surface area contributed by atoms with E-state index in [1.807, 2.05) is 13.2 Å². The van der Waals surface area contributed by atoms with Gasteiger partial charge in [-0.1, -0.05) is 0 Å². The molecule has 100 valence electrons. The Morgan fingerprint density at radius 3 is 2.78 bits per heavy atom. The number of nitrogens with zero attached hydrogens (tertiary/aromatic N) is 1. The van der Waals surface area contributed by atoms with Crippen molar-refractivity contribution in [3.05, 3.63) is 23.8 Å². The number of carbonyl (C=O) groups excluding carboxylic acids is 1. The van der Waals surface area contributed by atoms with Crippen LogP contribution in [-0.4, -0.2) is 43.0 Å². The highest BCUT2D eigenvalue weighted by Gasteiger charge is 2.20. The summed E-state index contributed by atoms with van der Waals surface area (Å²) in [6.07, 6.45) is 2.02. The van der Waals surface area contributed by atoms with Gasteiger partial charge in [0.05, 0.1) is 12.7 Å². The normalized spacial score (nSPS) is 12.0. The van der Waals surface area contributed by atoms with E-state index in [9.17, 15) is 4.79 Å². The quantitative estimate of drug-likeness (QED) is 0.831. The van der Waals surface area contributed by atoms with E-state index < -0.39 is 0 Å². The summed E-state index contributed by atoms with van der Waals surface area (Å²) in [7, 11) is 3.35. The first-order valence-electron chi connectivity index (χ1n) is 5.70. The molecule has 1 atom stereocenters. The predicted molar refractivity (Wildman–Crippen MR) is 77.3 cm³/mol. The number of nitrogen functional groups attached to an aromatic ring is 1. The molecule has 1 amide bonds. The van der Waals surface area contributed by atoms with Crippen molar-refractivity contribution in [1.29, 1.82) is 0 Å². The lowest BCUT2D eigenvalue weighted by Gasteiger charge is -2.25. The Morgan fingerprint density at radius 2 is 2.22 bits per heavy atom. The van der Waals surface area contributed by atoms with Crippen molar-refractivity contribution in [3.63, 3.8) is 0 Å². The molecule has 1 aromatic carbocycles. The van der Waals surface area contributed by atoms with E-state index in [0.29, 0.717) is 17.0 Å². The average molecular weight is 268 g/mol. The lowest BCUT2D eigenvalue weighted by Crippen LogP contribution is -2.36. The van der Waals surface area contributed by atoms with Crippen molar-refractivity contribution in [1.82, 2.24) is 4.90 Å². The maximum absolute atomic E-state index is 12.4. The molecule has 0 fully saturated rings. The minimum absolute atomic E-state index is 0.0688. The van der Waals surface area contributed by atoms with Crippen LogP contribution < -0.4 is 10.5 Å². The summed E-state index contributed by atoms with van der Waals surface area (Å²) in [5, 5.41) is 0. The number of anilines is 1. The first kappa shape index (κ1) is 14.7. The SMILES string of the molecule is COc1ccc(N)cc1C(=O)N(C)C(C)CSC. The molecule has 0 aliphatic carbocycles. The lowest BCUT2D eigenvalue weighted by molar-refractivity contribution is 0.0754. The van der Waals surface area contributed by atoms with Crippen LogP contribution in [0.1, 0.15) is 17.3 Å². The fraction of sp³-hybridized carbons (Fsp3) is 0.462. The van der Waals surface area contributed by atoms with E-state index in [4.69, 9.17) is 10.5 Å². The van der Waals surface area contributed by atoms with E-state index in [-0.39, 0.29) is 11.9 Å². The molecule has 1 unspecified atom stereocenters. The zero-order valence-corrected chi connectivity index (χ0v) is 12.1. The van der Waals surface area contributed by atoms with Gasteiger partial charge in [0.15, 0.2) is 0 Å². The number of carbonyl (C=O) groups is 1. The van der Waals surface area contributed by atoms with Gasteiger partial charge in [0.1, 0.15) is 5.75 Å². The molecular formula is C13H20N2O2S. The van der Waals surface area contributed by atoms with Crippen molar-refractivity contribution in [3.8, 4) is 5.75 Å². The Bertz CT molecular complexity index is 423. The molecule has 0 aliphatic heterocycles. The zero-order chi connectivity index (χ0) is 13.7. The summed E-state index contributed by atoms with van der Waals surface area (Å²) in [5.41, 5.74) is 6.79. The van der Waals surface area contributed by atoms with Crippen LogP contribution in [-0.2, 0) is 0 Å². The molecule has 1 aromatic rings. The third-order valence-electron chi connectivity index (χ3n) is 2.84. The molecule has 0 spiro atoms. The third-order valence-corrected chi connectivity index (χ3v) is 3.66. The summed E-state index contributed by atoms with van der Waals surface area (Å²) < 4.78 is 5.20. The molecule has 0 aromatic heterocycles. The van der Waals surface area contributed by atoms with Crippen LogP contribution in [0.3, 0.4) is 0 Å². The number of hydrogen-bond acceptors (Lipinski definition) is 4. The van der Waals surface area contributed by atoms with E-state index in [1.54, 1.807) is 49.0 Å². The highest BCUT2D eigenvalue weighted by atomic mass is 32.2. The molecule has 0 heterocycles. The fourth-order valence-corrected chi connectivity index (χ4v) is 2.34. The molecule has 0 saturated carbocycles. The van der Waals surface area contributed by atoms with Gasteiger partial charge in [-0.25, -0.2) is 0 Å². The molecule has 18 heavy (non-hydrogen) atoms. The van der Waals surface area contributed by atoms with Gasteiger partial charge < -0.3 is 15.4 Å². The monoisotopic (exact) mass is 268 g/mol. The van der Waals surface area contributed by atoms with Crippen LogP contribution in [0, 0.1) is 0 Å². The molecular weight excluding hydrogens is 248 g/mol. The molecule has 5 heteroatoms. The molecule has 0 bridgehead atoms. The smallest absolute Gasteiger partial charge is 0.257 e. The van der Waals surface area contributed by atoms with Gasteiger partial charge in [0, 0.05) is 24.5 Å². The third kappa shape index (κ3) is 3.32. The van der Waals surface area contributed by atoms with Crippen molar-refractivity contribution in [2.75, 3.05) is 31.9 Å². The number of ether oxygens (including phenoxy) is 1. The van der Waals surface area contributed by atoms with E-state index in [1.165, 1.54) is 0 Å². The summed E-state index contributed by atoms with van der Waals surface area (Å²) in [6.45, 7) is 2.02. The van der Waals surface area contributed by atoms with Crippen LogP contribution in [0.25, 0.3) is 0 Å². The van der Waals surface area contributed by atoms with Crippen LogP contribution in [0.15, 0.2) is 18.2 Å². The van der Waals surface area contributed by atoms with Crippen molar-refractivity contribution in [2.24, 2.45) is 0 Å². The number of hydrogen-bond donors (Lipinski definition) is 1. The summed E-state index contributed by atoms with van der Waals surface area (Å²) in [6, 6.07) is 5.26. The summed E-state index contributed by atoms with van der Waals surface area (Å²) in [5.74, 6) is 1.38. The van der Waals surface area contributed by atoms with Crippen molar-refractivity contribution in [2.45, 2.75) is 13.0 Å². The fourth-order valence-electron chi connectivity index (χ4n) is 1.64. The number of thioether (sulfide) groups is 1. The number of benzene rings is 1. The summed E-state index contributed by atoms with van der Waals surface area (Å²) >= 11 is 1.71. The highest BCUT2D eigenvalue weighted by Crippen LogP contribution is 2.23. The van der Waals surface area contributed by atoms with Gasteiger partial charge in [-0.05, 0) is 31.4 Å². The second kappa shape index (κ2) is 6.54. The Labute approximate surface area is 112 Å². The zero-order valence-electron chi connectivity index (χ0n) is 11.3. The molecule has 0 aliphatic rings. The topological polar surface area (TPSA) is 55.6 Å². The van der Waals surface area contributed by atoms with Gasteiger partial charge in [0.2, 0.25) is 0 Å². The largest absolute Gasteiger partial charge is 0.496 e. The standard InChI is InChI=1S/C13H20N2O2S/c1-9(8-18-4)15(2)13(16)11-7-10(14)5-6-12(11)17-3/h5-7,9H,8,14H2,1-4H3. The Balaban J connectivity index is 2.98. The minimum atomic E-state index is -0.0688. The van der Waals surface area contributed by atoms with Gasteiger partial charge in [-0.3, -0.25) is 4.79 Å². The first-order valence-corrected chi connectivity index (χ1v) is 7.10. The second-order valence-corrected chi connectivity index (χ2v) is 5.09. The molecule has 2 N–H and O–H groups in total. The maximum Gasteiger partial charge on any atom is 0.257 e. The first-order chi connectivity index (χ1) is 8.51. The van der Waals surface area contributed by atoms with Crippen LogP contribution in [0.2, 0.25) is 0 Å². The Hall–Kier alpha value is -1.36. The summed E-state index contributed by atoms with van der Waals surface area (Å²) in [4.78, 5) is 14.1. The highest BCUT2D eigenvalue weighted by molar-refractivity contribution is 7.98.